The average Bonchev–Trinajstić information content (AvgIpc) is 3.00. The number of rotatable bonds is 5. The number of aryl methyl sites for hydroxylation is 1. The summed E-state index contributed by atoms with van der Waals surface area (Å²) in [5.74, 6) is -0.0279. The van der Waals surface area contributed by atoms with Crippen molar-refractivity contribution in [2.45, 2.75) is 44.2 Å². The smallest absolute Gasteiger partial charge is 0.224 e. The number of nitrogens with zero attached hydrogens (tertiary/aromatic N) is 3. The normalized spacial score (nSPS) is 16.4. The molecule has 0 saturated heterocycles. The number of carbonyl (C=O) groups is 1. The molecule has 1 aliphatic rings. The zero-order valence-electron chi connectivity index (χ0n) is 13.9. The largest absolute Gasteiger partial charge is 0.388 e. The minimum Gasteiger partial charge on any atom is -0.388 e. The molecule has 6 heteroatoms. The van der Waals surface area contributed by atoms with Crippen LogP contribution in [-0.2, 0) is 11.3 Å². The van der Waals surface area contributed by atoms with Crippen LogP contribution in [0, 0.1) is 0 Å². The second kappa shape index (κ2) is 6.73. The van der Waals surface area contributed by atoms with Gasteiger partial charge < -0.3 is 10.0 Å². The molecule has 0 radical (unpaired) electrons. The van der Waals surface area contributed by atoms with E-state index in [2.05, 4.69) is 5.10 Å². The number of carbonyl (C=O) groups excluding carboxylic acids is 1. The molecule has 1 fully saturated rings. The van der Waals surface area contributed by atoms with E-state index < -0.39 is 5.60 Å². The number of amides is 1. The maximum atomic E-state index is 12.4. The number of fused-ring (bicyclic) bond motifs is 1. The number of benzene rings is 1. The standard InChI is InChI=1S/C18H23N3O3/c1-20(13-18(24)9-4-5-10-18)17(23)8-11-21-15-7-3-2-6-14(15)16(22)12-19-21/h2-3,6-7,12,24H,4-5,8-11,13H2,1H3. The van der Waals surface area contributed by atoms with Gasteiger partial charge in [-0.2, -0.15) is 5.10 Å². The van der Waals surface area contributed by atoms with E-state index in [0.29, 0.717) is 18.5 Å². The van der Waals surface area contributed by atoms with E-state index in [1.54, 1.807) is 22.7 Å². The van der Waals surface area contributed by atoms with Crippen LogP contribution in [0.25, 0.3) is 10.9 Å². The molecular weight excluding hydrogens is 306 g/mol. The maximum Gasteiger partial charge on any atom is 0.224 e. The summed E-state index contributed by atoms with van der Waals surface area (Å²) in [6.07, 6.45) is 5.13. The first-order valence-electron chi connectivity index (χ1n) is 8.40. The lowest BCUT2D eigenvalue weighted by atomic mass is 10.0. The third kappa shape index (κ3) is 3.48. The summed E-state index contributed by atoms with van der Waals surface area (Å²) >= 11 is 0. The lowest BCUT2D eigenvalue weighted by Gasteiger charge is -2.28. The van der Waals surface area contributed by atoms with Crippen LogP contribution >= 0.6 is 0 Å². The molecule has 1 aliphatic carbocycles. The van der Waals surface area contributed by atoms with E-state index in [1.165, 1.54) is 6.20 Å². The first-order valence-corrected chi connectivity index (χ1v) is 8.40. The van der Waals surface area contributed by atoms with Crippen LogP contribution in [0.2, 0.25) is 0 Å². The zero-order chi connectivity index (χ0) is 17.2. The first kappa shape index (κ1) is 16.6. The van der Waals surface area contributed by atoms with Crippen molar-refractivity contribution in [2.24, 2.45) is 0 Å². The molecule has 0 atom stereocenters. The maximum absolute atomic E-state index is 12.4. The summed E-state index contributed by atoms with van der Waals surface area (Å²) in [4.78, 5) is 25.8. The lowest BCUT2D eigenvalue weighted by molar-refractivity contribution is -0.133. The highest BCUT2D eigenvalue weighted by Gasteiger charge is 2.33. The molecule has 1 aromatic heterocycles. The van der Waals surface area contributed by atoms with Gasteiger partial charge in [-0.25, -0.2) is 0 Å². The van der Waals surface area contributed by atoms with Crippen LogP contribution in [0.5, 0.6) is 0 Å². The molecule has 1 heterocycles. The Balaban J connectivity index is 1.66. The van der Waals surface area contributed by atoms with Crippen molar-refractivity contribution >= 4 is 16.8 Å². The molecule has 128 valence electrons. The Bertz CT molecular complexity index is 793. The van der Waals surface area contributed by atoms with Gasteiger partial charge in [-0.3, -0.25) is 14.3 Å². The van der Waals surface area contributed by atoms with Crippen molar-refractivity contribution in [1.29, 1.82) is 0 Å². The number of hydrogen-bond acceptors (Lipinski definition) is 4. The molecule has 1 aromatic carbocycles. The average molecular weight is 329 g/mol. The van der Waals surface area contributed by atoms with Gasteiger partial charge in [-0.15, -0.1) is 0 Å². The fourth-order valence-electron chi connectivity index (χ4n) is 3.45. The monoisotopic (exact) mass is 329 g/mol. The number of likely N-dealkylation sites (N-methyl/N-ethyl adjacent to an activating group) is 1. The van der Waals surface area contributed by atoms with Gasteiger partial charge >= 0.3 is 0 Å². The first-order chi connectivity index (χ1) is 11.5. The second-order valence-electron chi connectivity index (χ2n) is 6.68. The fraction of sp³-hybridized carbons (Fsp3) is 0.500. The molecular formula is C18H23N3O3. The SMILES string of the molecule is CN(CC1(O)CCCC1)C(=O)CCn1ncc(=O)c2ccccc21. The van der Waals surface area contributed by atoms with Crippen LogP contribution in [0.1, 0.15) is 32.1 Å². The van der Waals surface area contributed by atoms with Gasteiger partial charge in [0.05, 0.1) is 23.9 Å². The van der Waals surface area contributed by atoms with E-state index >= 15 is 0 Å². The molecule has 0 unspecified atom stereocenters. The van der Waals surface area contributed by atoms with Crippen LogP contribution < -0.4 is 5.43 Å². The Morgan fingerprint density at radius 3 is 2.79 bits per heavy atom. The van der Waals surface area contributed by atoms with E-state index in [1.807, 2.05) is 18.2 Å². The molecule has 3 rings (SSSR count). The highest BCUT2D eigenvalue weighted by atomic mass is 16.3. The molecule has 2 aromatic rings. The van der Waals surface area contributed by atoms with E-state index in [9.17, 15) is 14.7 Å². The number of aromatic nitrogens is 2. The Morgan fingerprint density at radius 2 is 2.04 bits per heavy atom. The molecule has 1 saturated carbocycles. The van der Waals surface area contributed by atoms with Gasteiger partial charge in [0, 0.05) is 25.4 Å². The van der Waals surface area contributed by atoms with E-state index in [4.69, 9.17) is 0 Å². The number of para-hydroxylation sites is 1. The minimum absolute atomic E-state index is 0.0279. The van der Waals surface area contributed by atoms with Gasteiger partial charge in [0.1, 0.15) is 0 Å². The molecule has 6 nitrogen and oxygen atoms in total. The quantitative estimate of drug-likeness (QED) is 0.903. The number of hydrogen-bond donors (Lipinski definition) is 1. The third-order valence-corrected chi connectivity index (χ3v) is 4.79. The van der Waals surface area contributed by atoms with Gasteiger partial charge in [0.15, 0.2) is 0 Å². The Hall–Kier alpha value is -2.21. The molecule has 1 N–H and O–H groups in total. The lowest BCUT2D eigenvalue weighted by Crippen LogP contribution is -2.42. The Kier molecular flexibility index (Phi) is 4.66. The highest BCUT2D eigenvalue weighted by molar-refractivity contribution is 5.79. The van der Waals surface area contributed by atoms with Crippen molar-refractivity contribution in [3.8, 4) is 0 Å². The summed E-state index contributed by atoms with van der Waals surface area (Å²) in [7, 11) is 1.73. The predicted molar refractivity (Wildman–Crippen MR) is 91.7 cm³/mol. The van der Waals surface area contributed by atoms with Crippen molar-refractivity contribution in [3.63, 3.8) is 0 Å². The topological polar surface area (TPSA) is 75.4 Å². The van der Waals surface area contributed by atoms with Crippen molar-refractivity contribution in [1.82, 2.24) is 14.7 Å². The van der Waals surface area contributed by atoms with E-state index in [0.717, 1.165) is 31.2 Å². The summed E-state index contributed by atoms with van der Waals surface area (Å²) in [5, 5.41) is 15.2. The van der Waals surface area contributed by atoms with Crippen LogP contribution in [0.4, 0.5) is 0 Å². The predicted octanol–water partition coefficient (Wildman–Crippen LogP) is 1.55. The summed E-state index contributed by atoms with van der Waals surface area (Å²) in [6, 6.07) is 7.26. The molecule has 1 amide bonds. The van der Waals surface area contributed by atoms with Gasteiger partial charge in [0.2, 0.25) is 11.3 Å². The third-order valence-electron chi connectivity index (χ3n) is 4.79. The van der Waals surface area contributed by atoms with Crippen molar-refractivity contribution in [3.05, 3.63) is 40.7 Å². The number of aliphatic hydroxyl groups is 1. The van der Waals surface area contributed by atoms with Gasteiger partial charge in [0.25, 0.3) is 0 Å². The molecule has 0 spiro atoms. The van der Waals surface area contributed by atoms with Gasteiger partial charge in [-0.1, -0.05) is 25.0 Å². The Labute approximate surface area is 140 Å². The van der Waals surface area contributed by atoms with E-state index in [-0.39, 0.29) is 17.8 Å². The summed E-state index contributed by atoms with van der Waals surface area (Å²) in [5.41, 5.74) is -0.115. The molecule has 24 heavy (non-hydrogen) atoms. The van der Waals surface area contributed by atoms with Gasteiger partial charge in [-0.05, 0) is 25.0 Å². The molecule has 0 aliphatic heterocycles. The fourth-order valence-corrected chi connectivity index (χ4v) is 3.45. The zero-order valence-corrected chi connectivity index (χ0v) is 13.9. The van der Waals surface area contributed by atoms with Crippen LogP contribution in [0.15, 0.2) is 35.3 Å². The van der Waals surface area contributed by atoms with Crippen LogP contribution in [0.3, 0.4) is 0 Å². The van der Waals surface area contributed by atoms with Crippen molar-refractivity contribution in [2.75, 3.05) is 13.6 Å². The van der Waals surface area contributed by atoms with Crippen molar-refractivity contribution < 1.29 is 9.90 Å². The summed E-state index contributed by atoms with van der Waals surface area (Å²) < 4.78 is 1.69. The summed E-state index contributed by atoms with van der Waals surface area (Å²) in [6.45, 7) is 0.784. The minimum atomic E-state index is -0.729. The highest BCUT2D eigenvalue weighted by Crippen LogP contribution is 2.30. The van der Waals surface area contributed by atoms with Crippen LogP contribution in [-0.4, -0.2) is 44.9 Å². The Morgan fingerprint density at radius 1 is 1.33 bits per heavy atom. The molecule has 0 bridgehead atoms. The second-order valence-corrected chi connectivity index (χ2v) is 6.68.